The summed E-state index contributed by atoms with van der Waals surface area (Å²) >= 11 is 3.41. The van der Waals surface area contributed by atoms with E-state index in [0.29, 0.717) is 16.8 Å². The van der Waals surface area contributed by atoms with Crippen LogP contribution in [0.1, 0.15) is 0 Å². The maximum atomic E-state index is 9.82. The van der Waals surface area contributed by atoms with E-state index >= 15 is 0 Å². The van der Waals surface area contributed by atoms with Crippen LogP contribution in [0.4, 0.5) is 0 Å². The molecule has 1 N–H and O–H groups in total. The van der Waals surface area contributed by atoms with Crippen molar-refractivity contribution in [3.63, 3.8) is 0 Å². The number of aromatic nitrogens is 1. The van der Waals surface area contributed by atoms with Crippen LogP contribution in [0.25, 0.3) is 22.2 Å². The third-order valence-electron chi connectivity index (χ3n) is 2.59. The topological polar surface area (TPSA) is 46.3 Å². The Kier molecular flexibility index (Phi) is 2.37. The Morgan fingerprint density at radius 3 is 2.76 bits per heavy atom. The number of aromatic hydroxyl groups is 1. The molecule has 1 aromatic heterocycles. The number of fused-ring (bicyclic) bond motifs is 1. The second-order valence-electron chi connectivity index (χ2n) is 3.69. The summed E-state index contributed by atoms with van der Waals surface area (Å²) in [6.45, 7) is 0. The Balaban J connectivity index is 2.31. The summed E-state index contributed by atoms with van der Waals surface area (Å²) in [6.07, 6.45) is 0. The molecule has 17 heavy (non-hydrogen) atoms. The van der Waals surface area contributed by atoms with E-state index in [1.807, 2.05) is 30.3 Å². The number of nitrogens with zero attached hydrogens (tertiary/aromatic N) is 1. The van der Waals surface area contributed by atoms with Crippen molar-refractivity contribution in [2.75, 3.05) is 0 Å². The minimum atomic E-state index is 0.197. The molecule has 3 rings (SSSR count). The van der Waals surface area contributed by atoms with Gasteiger partial charge in [-0.15, -0.1) is 0 Å². The Hall–Kier alpha value is -1.81. The first-order valence-electron chi connectivity index (χ1n) is 5.09. The van der Waals surface area contributed by atoms with Gasteiger partial charge in [-0.05, 0) is 30.3 Å². The quantitative estimate of drug-likeness (QED) is 0.737. The van der Waals surface area contributed by atoms with Gasteiger partial charge in [0.1, 0.15) is 11.4 Å². The van der Waals surface area contributed by atoms with Crippen molar-refractivity contribution in [1.82, 2.24) is 5.16 Å². The molecule has 0 aliphatic carbocycles. The van der Waals surface area contributed by atoms with Crippen molar-refractivity contribution in [1.29, 1.82) is 0 Å². The molecule has 3 nitrogen and oxygen atoms in total. The highest BCUT2D eigenvalue weighted by Crippen LogP contribution is 2.34. The van der Waals surface area contributed by atoms with Gasteiger partial charge in [-0.25, -0.2) is 0 Å². The third-order valence-corrected chi connectivity index (χ3v) is 3.08. The van der Waals surface area contributed by atoms with Crippen LogP contribution in [-0.2, 0) is 0 Å². The molecular formula is C13H8BrNO2. The van der Waals surface area contributed by atoms with Crippen LogP contribution in [0, 0.1) is 0 Å². The maximum absolute atomic E-state index is 9.82. The van der Waals surface area contributed by atoms with Gasteiger partial charge in [0.2, 0.25) is 0 Å². The van der Waals surface area contributed by atoms with E-state index in [1.54, 1.807) is 12.1 Å². The van der Waals surface area contributed by atoms with Gasteiger partial charge in [-0.2, -0.15) is 0 Å². The van der Waals surface area contributed by atoms with Crippen molar-refractivity contribution in [2.45, 2.75) is 0 Å². The highest BCUT2D eigenvalue weighted by atomic mass is 79.9. The lowest BCUT2D eigenvalue weighted by molar-refractivity contribution is 0.455. The van der Waals surface area contributed by atoms with Crippen LogP contribution in [0.15, 0.2) is 51.5 Å². The van der Waals surface area contributed by atoms with Gasteiger partial charge < -0.3 is 9.63 Å². The second-order valence-corrected chi connectivity index (χ2v) is 4.60. The lowest BCUT2D eigenvalue weighted by Gasteiger charge is -2.00. The predicted molar refractivity (Wildman–Crippen MR) is 68.8 cm³/mol. The van der Waals surface area contributed by atoms with Crippen LogP contribution >= 0.6 is 15.9 Å². The molecule has 0 unspecified atom stereocenters. The molecule has 2 aromatic carbocycles. The zero-order valence-corrected chi connectivity index (χ0v) is 10.3. The zero-order valence-electron chi connectivity index (χ0n) is 8.72. The van der Waals surface area contributed by atoms with E-state index < -0.39 is 0 Å². The summed E-state index contributed by atoms with van der Waals surface area (Å²) in [4.78, 5) is 0. The summed E-state index contributed by atoms with van der Waals surface area (Å²) in [6, 6.07) is 12.7. The lowest BCUT2D eigenvalue weighted by Crippen LogP contribution is -1.79. The number of phenolic OH excluding ortho intramolecular Hbond substituents is 1. The monoisotopic (exact) mass is 289 g/mol. The molecule has 3 aromatic rings. The van der Waals surface area contributed by atoms with E-state index in [1.165, 1.54) is 0 Å². The summed E-state index contributed by atoms with van der Waals surface area (Å²) in [5.74, 6) is 0.197. The summed E-state index contributed by atoms with van der Waals surface area (Å²) < 4.78 is 6.18. The van der Waals surface area contributed by atoms with Crippen LogP contribution < -0.4 is 0 Å². The fraction of sp³-hybridized carbons (Fsp3) is 0. The van der Waals surface area contributed by atoms with Gasteiger partial charge in [0.25, 0.3) is 0 Å². The number of hydrogen-bond donors (Lipinski definition) is 1. The summed E-state index contributed by atoms with van der Waals surface area (Å²) in [5, 5.41) is 14.7. The molecule has 84 valence electrons. The zero-order chi connectivity index (χ0) is 11.8. The van der Waals surface area contributed by atoms with Crippen molar-refractivity contribution in [3.8, 4) is 17.0 Å². The molecule has 4 heteroatoms. The SMILES string of the molecule is Oc1ccccc1-c1noc2ccc(Br)cc12. The van der Waals surface area contributed by atoms with Crippen molar-refractivity contribution in [3.05, 3.63) is 46.9 Å². The number of phenols is 1. The minimum absolute atomic E-state index is 0.197. The highest BCUT2D eigenvalue weighted by molar-refractivity contribution is 9.10. The van der Waals surface area contributed by atoms with Crippen molar-refractivity contribution < 1.29 is 9.63 Å². The van der Waals surface area contributed by atoms with E-state index in [2.05, 4.69) is 21.1 Å². The molecule has 0 spiro atoms. The largest absolute Gasteiger partial charge is 0.507 e. The number of hydrogen-bond acceptors (Lipinski definition) is 3. The molecule has 0 bridgehead atoms. The van der Waals surface area contributed by atoms with E-state index in [-0.39, 0.29) is 5.75 Å². The van der Waals surface area contributed by atoms with E-state index in [0.717, 1.165) is 9.86 Å². The average Bonchev–Trinajstić information content (AvgIpc) is 2.72. The molecule has 0 fully saturated rings. The minimum Gasteiger partial charge on any atom is -0.507 e. The predicted octanol–water partition coefficient (Wildman–Crippen LogP) is 3.96. The van der Waals surface area contributed by atoms with Crippen LogP contribution in [-0.4, -0.2) is 10.3 Å². The first kappa shape index (κ1) is 10.4. The van der Waals surface area contributed by atoms with Gasteiger partial charge in [-0.3, -0.25) is 0 Å². The Morgan fingerprint density at radius 2 is 1.94 bits per heavy atom. The third kappa shape index (κ3) is 1.70. The number of benzene rings is 2. The smallest absolute Gasteiger partial charge is 0.167 e. The van der Waals surface area contributed by atoms with Gasteiger partial charge in [0.15, 0.2) is 5.58 Å². The summed E-state index contributed by atoms with van der Waals surface area (Å²) in [7, 11) is 0. The van der Waals surface area contributed by atoms with Gasteiger partial charge in [0.05, 0.1) is 5.39 Å². The molecule has 0 saturated heterocycles. The molecule has 1 heterocycles. The first-order chi connectivity index (χ1) is 8.25. The first-order valence-corrected chi connectivity index (χ1v) is 5.88. The number of rotatable bonds is 1. The molecule has 0 atom stereocenters. The van der Waals surface area contributed by atoms with Crippen LogP contribution in [0.5, 0.6) is 5.75 Å². The van der Waals surface area contributed by atoms with Crippen LogP contribution in [0.3, 0.4) is 0 Å². The van der Waals surface area contributed by atoms with Gasteiger partial charge in [-0.1, -0.05) is 33.2 Å². The summed E-state index contributed by atoms with van der Waals surface area (Å²) in [5.41, 5.74) is 2.02. The number of para-hydroxylation sites is 1. The van der Waals surface area contributed by atoms with Crippen molar-refractivity contribution in [2.24, 2.45) is 0 Å². The van der Waals surface area contributed by atoms with E-state index in [9.17, 15) is 5.11 Å². The Labute approximate surface area is 106 Å². The molecule has 0 amide bonds. The Morgan fingerprint density at radius 1 is 1.12 bits per heavy atom. The molecule has 0 saturated carbocycles. The van der Waals surface area contributed by atoms with E-state index in [4.69, 9.17) is 4.52 Å². The van der Waals surface area contributed by atoms with Crippen LogP contribution in [0.2, 0.25) is 0 Å². The maximum Gasteiger partial charge on any atom is 0.167 e. The average molecular weight is 290 g/mol. The van der Waals surface area contributed by atoms with Gasteiger partial charge in [0, 0.05) is 10.0 Å². The van der Waals surface area contributed by atoms with Gasteiger partial charge >= 0.3 is 0 Å². The Bertz CT molecular complexity index is 691. The fourth-order valence-corrected chi connectivity index (χ4v) is 2.14. The standard InChI is InChI=1S/C13H8BrNO2/c14-8-5-6-12-10(7-8)13(15-17-12)9-3-1-2-4-11(9)16/h1-7,16H. The molecule has 0 aliphatic heterocycles. The number of halogens is 1. The van der Waals surface area contributed by atoms with Crippen molar-refractivity contribution >= 4 is 26.9 Å². The molecule has 0 aliphatic rings. The second kappa shape index (κ2) is 3.89. The lowest BCUT2D eigenvalue weighted by atomic mass is 10.1. The fourth-order valence-electron chi connectivity index (χ4n) is 1.78. The highest BCUT2D eigenvalue weighted by Gasteiger charge is 2.13. The molecular weight excluding hydrogens is 282 g/mol. The normalized spacial score (nSPS) is 10.9. The molecule has 0 radical (unpaired) electrons.